The summed E-state index contributed by atoms with van der Waals surface area (Å²) in [5.74, 6) is 2.29. The van der Waals surface area contributed by atoms with Crippen LogP contribution in [0.2, 0.25) is 0 Å². The molecular formula is C23H32N2O3. The third-order valence-corrected chi connectivity index (χ3v) is 9.22. The van der Waals surface area contributed by atoms with E-state index in [1.807, 2.05) is 0 Å². The number of fused-ring (bicyclic) bond motifs is 5. The summed E-state index contributed by atoms with van der Waals surface area (Å²) in [6.07, 6.45) is 10.9. The highest BCUT2D eigenvalue weighted by molar-refractivity contribution is 5.88. The van der Waals surface area contributed by atoms with E-state index in [1.165, 1.54) is 25.3 Å². The monoisotopic (exact) mass is 384 g/mol. The van der Waals surface area contributed by atoms with Crippen LogP contribution in [0.5, 0.6) is 0 Å². The van der Waals surface area contributed by atoms with Gasteiger partial charge in [0.25, 0.3) is 0 Å². The van der Waals surface area contributed by atoms with Crippen LogP contribution >= 0.6 is 0 Å². The number of carbonyl (C=O) groups excluding carboxylic acids is 2. The summed E-state index contributed by atoms with van der Waals surface area (Å²) < 4.78 is 5.54. The van der Waals surface area contributed by atoms with Crippen LogP contribution < -0.4 is 0 Å². The molecule has 3 fully saturated rings. The maximum Gasteiger partial charge on any atom is 0.302 e. The van der Waals surface area contributed by atoms with Crippen molar-refractivity contribution in [3.63, 3.8) is 0 Å². The zero-order valence-electron chi connectivity index (χ0n) is 17.3. The molecular weight excluding hydrogens is 352 g/mol. The fourth-order valence-corrected chi connectivity index (χ4v) is 7.76. The van der Waals surface area contributed by atoms with Crippen molar-refractivity contribution in [2.45, 2.75) is 84.4 Å². The molecule has 5 aliphatic rings. The molecule has 28 heavy (non-hydrogen) atoms. The summed E-state index contributed by atoms with van der Waals surface area (Å²) in [5.41, 5.74) is 1.89. The van der Waals surface area contributed by atoms with Gasteiger partial charge in [0.2, 0.25) is 6.17 Å². The molecule has 0 aromatic heterocycles. The van der Waals surface area contributed by atoms with Gasteiger partial charge in [-0.2, -0.15) is 10.2 Å². The molecule has 7 unspecified atom stereocenters. The smallest absolute Gasteiger partial charge is 0.302 e. The van der Waals surface area contributed by atoms with E-state index in [2.05, 4.69) is 30.2 Å². The highest BCUT2D eigenvalue weighted by atomic mass is 16.5. The molecule has 0 spiro atoms. The average Bonchev–Trinajstić information content (AvgIpc) is 3.43. The maximum atomic E-state index is 12.8. The van der Waals surface area contributed by atoms with Gasteiger partial charge in [0.05, 0.1) is 0 Å². The number of hydrogen-bond donors (Lipinski definition) is 0. The van der Waals surface area contributed by atoms with E-state index in [9.17, 15) is 9.59 Å². The van der Waals surface area contributed by atoms with Crippen molar-refractivity contribution in [1.29, 1.82) is 0 Å². The summed E-state index contributed by atoms with van der Waals surface area (Å²) in [6.45, 7) is 6.36. The van der Waals surface area contributed by atoms with Gasteiger partial charge < -0.3 is 4.74 Å². The summed E-state index contributed by atoms with van der Waals surface area (Å²) in [7, 11) is 0. The van der Waals surface area contributed by atoms with Crippen molar-refractivity contribution < 1.29 is 14.3 Å². The third-order valence-electron chi connectivity index (χ3n) is 9.22. The van der Waals surface area contributed by atoms with E-state index in [-0.39, 0.29) is 40.8 Å². The number of ether oxygens (including phenoxy) is 1. The average molecular weight is 385 g/mol. The van der Waals surface area contributed by atoms with E-state index < -0.39 is 0 Å². The first kappa shape index (κ1) is 18.5. The van der Waals surface area contributed by atoms with E-state index >= 15 is 0 Å². The maximum absolute atomic E-state index is 12.8. The Bertz CT molecular complexity index is 768. The minimum Gasteiger partial charge on any atom is -0.462 e. The second-order valence-electron chi connectivity index (χ2n) is 10.4. The second kappa shape index (κ2) is 6.24. The first-order valence-electron chi connectivity index (χ1n) is 11.1. The van der Waals surface area contributed by atoms with Crippen LogP contribution in [0.25, 0.3) is 0 Å². The normalized spacial score (nSPS) is 46.8. The van der Waals surface area contributed by atoms with Gasteiger partial charge in [-0.3, -0.25) is 9.59 Å². The van der Waals surface area contributed by atoms with E-state index in [0.29, 0.717) is 17.8 Å². The largest absolute Gasteiger partial charge is 0.462 e. The molecule has 0 saturated heterocycles. The van der Waals surface area contributed by atoms with Crippen molar-refractivity contribution in [3.8, 4) is 0 Å². The van der Waals surface area contributed by atoms with Gasteiger partial charge in [-0.05, 0) is 73.5 Å². The zero-order chi connectivity index (χ0) is 19.7. The number of allylic oxidation sites excluding steroid dienone is 1. The molecule has 4 aliphatic carbocycles. The minimum absolute atomic E-state index is 0.0572. The number of ketones is 1. The van der Waals surface area contributed by atoms with Crippen LogP contribution in [0, 0.1) is 34.5 Å². The summed E-state index contributed by atoms with van der Waals surface area (Å²) in [6, 6.07) is 0. The van der Waals surface area contributed by atoms with Crippen molar-refractivity contribution in [2.24, 2.45) is 44.7 Å². The Kier molecular flexibility index (Phi) is 4.12. The lowest BCUT2D eigenvalue weighted by Crippen LogP contribution is -2.51. The fourth-order valence-electron chi connectivity index (χ4n) is 7.76. The van der Waals surface area contributed by atoms with Gasteiger partial charge in [-0.15, -0.1) is 0 Å². The Morgan fingerprint density at radius 2 is 1.86 bits per heavy atom. The number of esters is 1. The highest BCUT2D eigenvalue weighted by Gasteiger charge is 2.60. The molecule has 0 N–H and O–H groups in total. The Hall–Kier alpha value is -1.52. The molecule has 7 atom stereocenters. The van der Waals surface area contributed by atoms with Gasteiger partial charge in [0.15, 0.2) is 5.78 Å². The molecule has 1 aliphatic heterocycles. The predicted octanol–water partition coefficient (Wildman–Crippen LogP) is 4.86. The molecule has 152 valence electrons. The number of nitrogens with zero attached hydrogens (tertiary/aromatic N) is 2. The van der Waals surface area contributed by atoms with Crippen molar-refractivity contribution >= 4 is 11.8 Å². The van der Waals surface area contributed by atoms with Crippen LogP contribution in [0.1, 0.15) is 72.1 Å². The molecule has 5 rings (SSSR count). The van der Waals surface area contributed by atoms with Gasteiger partial charge in [-0.25, -0.2) is 0 Å². The number of Topliss-reactive ketones (excluding diaryl/α,β-unsaturated/α-hetero) is 1. The molecule has 0 amide bonds. The lowest BCUT2D eigenvalue weighted by atomic mass is 9.47. The summed E-state index contributed by atoms with van der Waals surface area (Å²) >= 11 is 0. The van der Waals surface area contributed by atoms with E-state index in [0.717, 1.165) is 38.5 Å². The third kappa shape index (κ3) is 2.64. The van der Waals surface area contributed by atoms with Gasteiger partial charge in [0.1, 0.15) is 6.10 Å². The summed E-state index contributed by atoms with van der Waals surface area (Å²) in [4.78, 5) is 24.2. The van der Waals surface area contributed by atoms with Crippen LogP contribution in [-0.4, -0.2) is 24.0 Å². The Labute approximate surface area is 167 Å². The topological polar surface area (TPSA) is 68.1 Å². The van der Waals surface area contributed by atoms with Crippen LogP contribution in [0.4, 0.5) is 0 Å². The van der Waals surface area contributed by atoms with E-state index in [4.69, 9.17) is 4.74 Å². The number of carbonyl (C=O) groups is 2. The van der Waals surface area contributed by atoms with E-state index in [1.54, 1.807) is 0 Å². The highest BCUT2D eigenvalue weighted by Crippen LogP contribution is 2.66. The van der Waals surface area contributed by atoms with Crippen molar-refractivity contribution in [2.75, 3.05) is 0 Å². The lowest BCUT2D eigenvalue weighted by Gasteiger charge is -2.58. The second-order valence-corrected chi connectivity index (χ2v) is 10.4. The standard InChI is InChI=1S/C23H32N2O3/c1-13(26)28-15-8-10-22(2)14(12-15)4-5-16-17-6-7-19(20(27)21-24-25-21)23(17,3)11-9-18(16)22/h4,15-19,21H,5-12H2,1-3H3. The molecule has 0 aromatic carbocycles. The first-order valence-corrected chi connectivity index (χ1v) is 11.1. The molecule has 3 saturated carbocycles. The summed E-state index contributed by atoms with van der Waals surface area (Å²) in [5, 5.41) is 7.84. The quantitative estimate of drug-likeness (QED) is 0.515. The Balaban J connectivity index is 1.38. The lowest BCUT2D eigenvalue weighted by molar-refractivity contribution is -0.149. The van der Waals surface area contributed by atoms with Crippen LogP contribution in [-0.2, 0) is 14.3 Å². The van der Waals surface area contributed by atoms with Gasteiger partial charge in [0, 0.05) is 19.3 Å². The molecule has 5 heteroatoms. The van der Waals surface area contributed by atoms with Crippen molar-refractivity contribution in [1.82, 2.24) is 0 Å². The Morgan fingerprint density at radius 3 is 2.57 bits per heavy atom. The number of rotatable bonds is 3. The molecule has 0 bridgehead atoms. The van der Waals surface area contributed by atoms with Crippen molar-refractivity contribution in [3.05, 3.63) is 11.6 Å². The van der Waals surface area contributed by atoms with Crippen LogP contribution in [0.15, 0.2) is 21.9 Å². The minimum atomic E-state index is -0.342. The molecule has 5 nitrogen and oxygen atoms in total. The van der Waals surface area contributed by atoms with Gasteiger partial charge >= 0.3 is 5.97 Å². The van der Waals surface area contributed by atoms with Gasteiger partial charge in [-0.1, -0.05) is 25.5 Å². The molecule has 0 radical (unpaired) electrons. The predicted molar refractivity (Wildman–Crippen MR) is 104 cm³/mol. The molecule has 1 heterocycles. The van der Waals surface area contributed by atoms with Crippen LogP contribution in [0.3, 0.4) is 0 Å². The fraction of sp³-hybridized carbons (Fsp3) is 0.826. The zero-order valence-corrected chi connectivity index (χ0v) is 17.3. The molecule has 0 aromatic rings. The Morgan fingerprint density at radius 1 is 1.07 bits per heavy atom. The number of hydrogen-bond acceptors (Lipinski definition) is 5. The first-order chi connectivity index (χ1) is 13.3. The SMILES string of the molecule is CC(=O)OC1CCC2(C)C(=CCC3C2CCC2(C)C(C(=O)C4N=N4)CCC32)C1.